The number of aliphatic hydroxyl groups is 1. The number of amides is 2. The Balaban J connectivity index is 1.86. The maximum absolute atomic E-state index is 15.6. The summed E-state index contributed by atoms with van der Waals surface area (Å²) in [6.07, 6.45) is 0.870. The van der Waals surface area contributed by atoms with Gasteiger partial charge in [0, 0.05) is 50.5 Å². The molecule has 1 fully saturated rings. The molecule has 0 aromatic heterocycles. The highest BCUT2D eigenvalue weighted by atomic mass is 19.1. The number of nitrogens with one attached hydrogen (secondary N) is 2. The molecule has 2 amide bonds. The van der Waals surface area contributed by atoms with E-state index in [9.17, 15) is 19.5 Å². The predicted molar refractivity (Wildman–Crippen MR) is 161 cm³/mol. The van der Waals surface area contributed by atoms with Gasteiger partial charge >= 0.3 is 0 Å². The van der Waals surface area contributed by atoms with Crippen LogP contribution in [0.5, 0.6) is 0 Å². The molecule has 0 radical (unpaired) electrons. The van der Waals surface area contributed by atoms with Crippen LogP contribution in [0.3, 0.4) is 0 Å². The Bertz CT molecular complexity index is 1240. The number of carbonyl (C=O) groups excluding carboxylic acids is 3. The molecule has 0 bridgehead atoms. The summed E-state index contributed by atoms with van der Waals surface area (Å²) < 4.78 is 21.4. The van der Waals surface area contributed by atoms with Gasteiger partial charge in [-0.25, -0.2) is 4.39 Å². The molecule has 1 saturated heterocycles. The Labute approximate surface area is 243 Å². The van der Waals surface area contributed by atoms with E-state index >= 15 is 4.39 Å². The van der Waals surface area contributed by atoms with E-state index in [4.69, 9.17) is 4.74 Å². The third-order valence-corrected chi connectivity index (χ3v) is 7.60. The van der Waals surface area contributed by atoms with Gasteiger partial charge in [0.05, 0.1) is 18.8 Å². The standard InChI is InChI=1S/C29H41B2FN4O5/c1-19-7-5-8-26(23(19)17-36(18-38)28(40,11-6-12-37)27(39)33-4)34-29(30,31)24-10-9-22(13-25(24)32)16-35-14-20(2)41-21(3)15-35/h5,7-10,12-13,18,20-21,34,40H,6,11,14-17,30-31H2,1-4H3,(H,33,39). The minimum absolute atomic E-state index is 0.112. The van der Waals surface area contributed by atoms with Crippen LogP contribution in [0.4, 0.5) is 10.1 Å². The Kier molecular flexibility index (Phi) is 10.7. The van der Waals surface area contributed by atoms with Crippen molar-refractivity contribution in [2.24, 2.45) is 0 Å². The minimum atomic E-state index is -2.22. The summed E-state index contributed by atoms with van der Waals surface area (Å²) in [5, 5.41) is 16.1. The second-order valence-electron chi connectivity index (χ2n) is 11.5. The first-order chi connectivity index (χ1) is 19.3. The van der Waals surface area contributed by atoms with Gasteiger partial charge in [-0.1, -0.05) is 24.3 Å². The molecular formula is C29H41B2FN4O5. The van der Waals surface area contributed by atoms with Gasteiger partial charge in [-0.2, -0.15) is 0 Å². The highest BCUT2D eigenvalue weighted by molar-refractivity contribution is 6.41. The van der Waals surface area contributed by atoms with Gasteiger partial charge in [0.15, 0.2) is 0 Å². The van der Waals surface area contributed by atoms with E-state index in [2.05, 4.69) is 15.5 Å². The van der Waals surface area contributed by atoms with Crippen molar-refractivity contribution in [1.29, 1.82) is 0 Å². The number of ether oxygens (including phenoxy) is 1. The summed E-state index contributed by atoms with van der Waals surface area (Å²) >= 11 is 0. The Hall–Kier alpha value is -3.21. The monoisotopic (exact) mass is 566 g/mol. The lowest BCUT2D eigenvalue weighted by molar-refractivity contribution is -0.171. The minimum Gasteiger partial charge on any atom is -0.391 e. The first-order valence-electron chi connectivity index (χ1n) is 14.0. The molecule has 12 heteroatoms. The smallest absolute Gasteiger partial charge is 0.273 e. The van der Waals surface area contributed by atoms with E-state index in [1.807, 2.05) is 60.7 Å². The first kappa shape index (κ1) is 32.3. The van der Waals surface area contributed by atoms with Crippen LogP contribution in [-0.4, -0.2) is 87.3 Å². The summed E-state index contributed by atoms with van der Waals surface area (Å²) in [5.41, 5.74) is 1.20. The van der Waals surface area contributed by atoms with Crippen molar-refractivity contribution in [2.75, 3.05) is 25.5 Å². The Morgan fingerprint density at radius 3 is 2.49 bits per heavy atom. The zero-order chi connectivity index (χ0) is 30.4. The molecule has 0 aliphatic carbocycles. The Morgan fingerprint density at radius 1 is 1.22 bits per heavy atom. The molecule has 0 spiro atoms. The molecule has 9 nitrogen and oxygen atoms in total. The maximum Gasteiger partial charge on any atom is 0.273 e. The van der Waals surface area contributed by atoms with Crippen LogP contribution in [0.25, 0.3) is 0 Å². The molecule has 3 rings (SSSR count). The van der Waals surface area contributed by atoms with E-state index in [0.717, 1.165) is 29.1 Å². The fraction of sp³-hybridized carbons (Fsp3) is 0.483. The second-order valence-corrected chi connectivity index (χ2v) is 11.5. The third kappa shape index (κ3) is 7.75. The average molecular weight is 566 g/mol. The van der Waals surface area contributed by atoms with Crippen molar-refractivity contribution in [3.63, 3.8) is 0 Å². The van der Waals surface area contributed by atoms with Gasteiger partial charge in [0.25, 0.3) is 5.91 Å². The van der Waals surface area contributed by atoms with Crippen molar-refractivity contribution in [3.05, 3.63) is 64.5 Å². The van der Waals surface area contributed by atoms with E-state index in [0.29, 0.717) is 36.1 Å². The third-order valence-electron chi connectivity index (χ3n) is 7.60. The van der Waals surface area contributed by atoms with Crippen LogP contribution in [0.15, 0.2) is 36.4 Å². The second kappa shape index (κ2) is 13.6. The lowest BCUT2D eigenvalue weighted by Crippen LogP contribution is -2.57. The number of likely N-dealkylation sites (N-methyl/N-ethyl adjacent to an activating group) is 1. The molecule has 1 aliphatic rings. The normalized spacial score (nSPS) is 19.2. The van der Waals surface area contributed by atoms with E-state index < -0.39 is 17.0 Å². The lowest BCUT2D eigenvalue weighted by atomic mass is 9.57. The van der Waals surface area contributed by atoms with Crippen molar-refractivity contribution in [1.82, 2.24) is 15.1 Å². The van der Waals surface area contributed by atoms with Gasteiger partial charge in [0.2, 0.25) is 12.1 Å². The lowest BCUT2D eigenvalue weighted by Gasteiger charge is -2.37. The van der Waals surface area contributed by atoms with Gasteiger partial charge < -0.3 is 30.2 Å². The number of anilines is 1. The molecule has 41 heavy (non-hydrogen) atoms. The fourth-order valence-corrected chi connectivity index (χ4v) is 5.54. The zero-order valence-electron chi connectivity index (χ0n) is 24.9. The summed E-state index contributed by atoms with van der Waals surface area (Å²) in [4.78, 5) is 39.0. The Morgan fingerprint density at radius 2 is 1.90 bits per heavy atom. The van der Waals surface area contributed by atoms with Crippen LogP contribution in [0.1, 0.15) is 48.9 Å². The van der Waals surface area contributed by atoms with Gasteiger partial charge in [0.1, 0.15) is 27.8 Å². The van der Waals surface area contributed by atoms with E-state index in [-0.39, 0.29) is 37.4 Å². The fourth-order valence-electron chi connectivity index (χ4n) is 5.54. The summed E-state index contributed by atoms with van der Waals surface area (Å²) in [7, 11) is 5.08. The van der Waals surface area contributed by atoms with Gasteiger partial charge in [-0.05, 0) is 55.2 Å². The van der Waals surface area contributed by atoms with Crippen molar-refractivity contribution in [2.45, 2.75) is 70.0 Å². The highest BCUT2D eigenvalue weighted by Crippen LogP contribution is 2.31. The maximum atomic E-state index is 15.6. The van der Waals surface area contributed by atoms with E-state index in [1.165, 1.54) is 7.05 Å². The molecule has 0 saturated carbocycles. The van der Waals surface area contributed by atoms with Gasteiger partial charge in [-0.15, -0.1) is 0 Å². The highest BCUT2D eigenvalue weighted by Gasteiger charge is 2.41. The van der Waals surface area contributed by atoms with Crippen LogP contribution < -0.4 is 10.6 Å². The summed E-state index contributed by atoms with van der Waals surface area (Å²) in [5.74, 6) is -1.13. The number of rotatable bonds is 13. The van der Waals surface area contributed by atoms with Crippen molar-refractivity contribution in [3.8, 4) is 0 Å². The molecule has 2 aromatic carbocycles. The average Bonchev–Trinajstić information content (AvgIpc) is 2.90. The number of aldehydes is 1. The summed E-state index contributed by atoms with van der Waals surface area (Å²) in [6.45, 7) is 8.03. The molecule has 3 atom stereocenters. The first-order valence-corrected chi connectivity index (χ1v) is 14.0. The molecule has 3 N–H and O–H groups in total. The van der Waals surface area contributed by atoms with Gasteiger partial charge in [-0.3, -0.25) is 14.5 Å². The largest absolute Gasteiger partial charge is 0.391 e. The summed E-state index contributed by atoms with van der Waals surface area (Å²) in [6, 6.07) is 10.8. The SMILES string of the molecule is BC(B)(Nc1cccc(C)c1CN(C=O)C(O)(CCC=O)C(=O)NC)c1ccc(CN2CC(C)OC(C)C2)cc1F. The number of aryl methyl sites for hydroxylation is 1. The van der Waals surface area contributed by atoms with Crippen LogP contribution in [-0.2, 0) is 37.5 Å². The molecule has 1 aliphatic heterocycles. The van der Waals surface area contributed by atoms with Crippen molar-refractivity contribution < 1.29 is 28.6 Å². The molecule has 2 aromatic rings. The van der Waals surface area contributed by atoms with Crippen molar-refractivity contribution >= 4 is 40.0 Å². The number of morpholine rings is 1. The quantitative estimate of drug-likeness (QED) is 0.185. The number of nitrogens with zero attached hydrogens (tertiary/aromatic N) is 2. The number of carbonyl (C=O) groups is 3. The van der Waals surface area contributed by atoms with E-state index in [1.54, 1.807) is 12.1 Å². The molecule has 220 valence electrons. The predicted octanol–water partition coefficient (Wildman–Crippen LogP) is 0.604. The molecule has 1 heterocycles. The van der Waals surface area contributed by atoms with Crippen LogP contribution in [0, 0.1) is 12.7 Å². The van der Waals surface area contributed by atoms with Crippen LogP contribution in [0.2, 0.25) is 0 Å². The number of hydrogen-bond donors (Lipinski definition) is 3. The van der Waals surface area contributed by atoms with Crippen LogP contribution >= 0.6 is 0 Å². The molecular weight excluding hydrogens is 525 g/mol. The topological polar surface area (TPSA) is 111 Å². The number of halogens is 1. The number of benzene rings is 2. The number of hydrogen-bond acceptors (Lipinski definition) is 7. The molecule has 3 unspecified atom stereocenters. The zero-order valence-corrected chi connectivity index (χ0v) is 24.9.